The lowest BCUT2D eigenvalue weighted by atomic mass is 9.94. The number of benzene rings is 1. The summed E-state index contributed by atoms with van der Waals surface area (Å²) >= 11 is 0. The predicted octanol–water partition coefficient (Wildman–Crippen LogP) is 2.04. The Morgan fingerprint density at radius 3 is 2.52 bits per heavy atom. The average Bonchev–Trinajstić information content (AvgIpc) is 2.58. The number of methoxy groups -OCH3 is 1. The summed E-state index contributed by atoms with van der Waals surface area (Å²) in [6, 6.07) is 5.79. The monoisotopic (exact) mass is 366 g/mol. The Morgan fingerprint density at radius 2 is 1.96 bits per heavy atom. The van der Waals surface area contributed by atoms with Gasteiger partial charge >= 0.3 is 5.97 Å². The molecule has 2 unspecified atom stereocenters. The van der Waals surface area contributed by atoms with Crippen molar-refractivity contribution in [3.63, 3.8) is 0 Å². The Balaban J connectivity index is 2.41. The van der Waals surface area contributed by atoms with Crippen molar-refractivity contribution in [3.8, 4) is 11.8 Å². The summed E-state index contributed by atoms with van der Waals surface area (Å²) < 4.78 is 37.5. The molecule has 1 aromatic rings. The van der Waals surface area contributed by atoms with Crippen LogP contribution in [0.25, 0.3) is 0 Å². The number of nitriles is 1. The number of carbonyl (C=O) groups excluding carboxylic acids is 1. The molecule has 0 saturated carbocycles. The van der Waals surface area contributed by atoms with Gasteiger partial charge in [0.2, 0.25) is 10.0 Å². The molecule has 0 radical (unpaired) electrons. The first kappa shape index (κ1) is 19.2. The van der Waals surface area contributed by atoms with Gasteiger partial charge < -0.3 is 9.47 Å². The number of hydrogen-bond acceptors (Lipinski definition) is 6. The summed E-state index contributed by atoms with van der Waals surface area (Å²) in [6.07, 6.45) is 0.976. The van der Waals surface area contributed by atoms with E-state index in [0.29, 0.717) is 13.1 Å². The Labute approximate surface area is 148 Å². The van der Waals surface area contributed by atoms with Gasteiger partial charge in [0.05, 0.1) is 12.7 Å². The molecule has 1 aromatic carbocycles. The fourth-order valence-electron chi connectivity index (χ4n) is 3.13. The third-order valence-electron chi connectivity index (χ3n) is 4.12. The fourth-order valence-corrected chi connectivity index (χ4v) is 4.99. The van der Waals surface area contributed by atoms with Crippen molar-refractivity contribution in [2.45, 2.75) is 25.2 Å². The van der Waals surface area contributed by atoms with Crippen LogP contribution in [0.5, 0.6) is 5.75 Å². The molecule has 136 valence electrons. The lowest BCUT2D eigenvalue weighted by molar-refractivity contribution is 0.0554. The summed E-state index contributed by atoms with van der Waals surface area (Å²) in [7, 11) is -2.43. The van der Waals surface area contributed by atoms with Crippen LogP contribution in [-0.2, 0) is 14.8 Å². The standard InChI is InChI=1S/C17H22N2O5S/c1-12-8-13(2)11-19(10-12)25(21,22)16-9-14(4-5-15(16)23-3)17(20)24-7-6-18/h4-5,9,12-13H,7-8,10-11H2,1-3H3. The van der Waals surface area contributed by atoms with Crippen LogP contribution >= 0.6 is 0 Å². The maximum absolute atomic E-state index is 13.1. The summed E-state index contributed by atoms with van der Waals surface area (Å²) in [4.78, 5) is 11.9. The summed E-state index contributed by atoms with van der Waals surface area (Å²) in [5.74, 6) is -0.0645. The molecule has 2 rings (SSSR count). The second-order valence-electron chi connectivity index (χ2n) is 6.37. The summed E-state index contributed by atoms with van der Waals surface area (Å²) in [6.45, 7) is 4.50. The minimum absolute atomic E-state index is 0.0627. The largest absolute Gasteiger partial charge is 0.495 e. The zero-order valence-corrected chi connectivity index (χ0v) is 15.4. The molecule has 0 N–H and O–H groups in total. The zero-order valence-electron chi connectivity index (χ0n) is 14.6. The quantitative estimate of drug-likeness (QED) is 0.740. The molecule has 0 aromatic heterocycles. The molecule has 2 atom stereocenters. The van der Waals surface area contributed by atoms with E-state index < -0.39 is 22.6 Å². The first-order valence-electron chi connectivity index (χ1n) is 8.01. The van der Waals surface area contributed by atoms with E-state index in [0.717, 1.165) is 6.42 Å². The maximum Gasteiger partial charge on any atom is 0.339 e. The minimum atomic E-state index is -3.81. The van der Waals surface area contributed by atoms with Gasteiger partial charge in [-0.25, -0.2) is 13.2 Å². The molecule has 1 aliphatic heterocycles. The zero-order chi connectivity index (χ0) is 18.6. The van der Waals surface area contributed by atoms with Crippen LogP contribution in [0.3, 0.4) is 0 Å². The van der Waals surface area contributed by atoms with E-state index >= 15 is 0 Å². The lowest BCUT2D eigenvalue weighted by Gasteiger charge is -2.34. The summed E-state index contributed by atoms with van der Waals surface area (Å²) in [5, 5.41) is 8.50. The Hall–Kier alpha value is -2.11. The van der Waals surface area contributed by atoms with Gasteiger partial charge in [-0.3, -0.25) is 0 Å². The van der Waals surface area contributed by atoms with E-state index in [1.54, 1.807) is 6.07 Å². The van der Waals surface area contributed by atoms with Crippen LogP contribution < -0.4 is 4.74 Å². The van der Waals surface area contributed by atoms with Crippen molar-refractivity contribution in [2.24, 2.45) is 11.8 Å². The van der Waals surface area contributed by atoms with Gasteiger partial charge in [0.1, 0.15) is 16.7 Å². The van der Waals surface area contributed by atoms with E-state index in [2.05, 4.69) is 0 Å². The van der Waals surface area contributed by atoms with Crippen molar-refractivity contribution in [3.05, 3.63) is 23.8 Å². The number of piperidine rings is 1. The van der Waals surface area contributed by atoms with Gasteiger partial charge in [0.25, 0.3) is 0 Å². The third kappa shape index (κ3) is 4.30. The maximum atomic E-state index is 13.1. The fraction of sp³-hybridized carbons (Fsp3) is 0.529. The molecule has 0 amide bonds. The van der Waals surface area contributed by atoms with Crippen LogP contribution in [0, 0.1) is 23.2 Å². The van der Waals surface area contributed by atoms with Crippen LogP contribution in [0.15, 0.2) is 23.1 Å². The third-order valence-corrected chi connectivity index (χ3v) is 5.97. The smallest absolute Gasteiger partial charge is 0.339 e. The number of hydrogen-bond donors (Lipinski definition) is 0. The van der Waals surface area contributed by atoms with Crippen molar-refractivity contribution < 1.29 is 22.7 Å². The molecule has 1 saturated heterocycles. The van der Waals surface area contributed by atoms with E-state index in [4.69, 9.17) is 14.7 Å². The highest BCUT2D eigenvalue weighted by Gasteiger charge is 2.34. The molecule has 25 heavy (non-hydrogen) atoms. The molecule has 1 fully saturated rings. The number of rotatable bonds is 5. The Morgan fingerprint density at radius 1 is 1.32 bits per heavy atom. The normalized spacial score (nSPS) is 21.4. The van der Waals surface area contributed by atoms with Crippen molar-refractivity contribution in [1.29, 1.82) is 5.26 Å². The number of carbonyl (C=O) groups is 1. The minimum Gasteiger partial charge on any atom is -0.495 e. The predicted molar refractivity (Wildman–Crippen MR) is 90.6 cm³/mol. The van der Waals surface area contributed by atoms with Gasteiger partial charge in [-0.05, 0) is 36.5 Å². The number of nitrogens with zero attached hydrogens (tertiary/aromatic N) is 2. The van der Waals surface area contributed by atoms with E-state index in [1.807, 2.05) is 13.8 Å². The highest BCUT2D eigenvalue weighted by atomic mass is 32.2. The molecular weight excluding hydrogens is 344 g/mol. The molecule has 7 nitrogen and oxygen atoms in total. The number of esters is 1. The van der Waals surface area contributed by atoms with Gasteiger partial charge in [0.15, 0.2) is 6.61 Å². The average molecular weight is 366 g/mol. The number of sulfonamides is 1. The van der Waals surface area contributed by atoms with Crippen LogP contribution in [0.2, 0.25) is 0 Å². The van der Waals surface area contributed by atoms with Gasteiger partial charge in [-0.2, -0.15) is 9.57 Å². The van der Waals surface area contributed by atoms with Crippen molar-refractivity contribution in [1.82, 2.24) is 4.31 Å². The highest BCUT2D eigenvalue weighted by Crippen LogP contribution is 2.32. The molecule has 1 aliphatic rings. The molecule has 1 heterocycles. The van der Waals surface area contributed by atoms with Gasteiger partial charge in [-0.1, -0.05) is 13.8 Å². The van der Waals surface area contributed by atoms with E-state index in [-0.39, 0.29) is 28.0 Å². The first-order chi connectivity index (χ1) is 11.8. The van der Waals surface area contributed by atoms with Gasteiger partial charge in [0, 0.05) is 13.1 Å². The second-order valence-corrected chi connectivity index (χ2v) is 8.27. The topological polar surface area (TPSA) is 96.7 Å². The van der Waals surface area contributed by atoms with Crippen LogP contribution in [-0.4, -0.2) is 45.5 Å². The van der Waals surface area contributed by atoms with Crippen molar-refractivity contribution in [2.75, 3.05) is 26.8 Å². The highest BCUT2D eigenvalue weighted by molar-refractivity contribution is 7.89. The Kier molecular flexibility index (Phi) is 6.03. The van der Waals surface area contributed by atoms with Crippen LogP contribution in [0.4, 0.5) is 0 Å². The van der Waals surface area contributed by atoms with Crippen LogP contribution in [0.1, 0.15) is 30.6 Å². The second kappa shape index (κ2) is 7.85. The first-order valence-corrected chi connectivity index (χ1v) is 9.45. The molecular formula is C17H22N2O5S. The van der Waals surface area contributed by atoms with Gasteiger partial charge in [-0.15, -0.1) is 0 Å². The van der Waals surface area contributed by atoms with Crippen molar-refractivity contribution >= 4 is 16.0 Å². The van der Waals surface area contributed by atoms with E-state index in [1.165, 1.54) is 29.6 Å². The number of ether oxygens (including phenoxy) is 2. The SMILES string of the molecule is COc1ccc(C(=O)OCC#N)cc1S(=O)(=O)N1CC(C)CC(C)C1. The molecule has 0 spiro atoms. The molecule has 0 bridgehead atoms. The lowest BCUT2D eigenvalue weighted by Crippen LogP contribution is -2.42. The summed E-state index contributed by atoms with van der Waals surface area (Å²) in [5.41, 5.74) is 0.0627. The molecule has 8 heteroatoms. The van der Waals surface area contributed by atoms with E-state index in [9.17, 15) is 13.2 Å². The Bertz CT molecular complexity index is 775. The molecule has 0 aliphatic carbocycles.